The van der Waals surface area contributed by atoms with E-state index in [1.807, 2.05) is 30.3 Å². The highest BCUT2D eigenvalue weighted by molar-refractivity contribution is 6.29. The molecule has 1 saturated heterocycles. The number of amides is 1. The second-order valence-electron chi connectivity index (χ2n) is 9.79. The molecule has 0 radical (unpaired) electrons. The van der Waals surface area contributed by atoms with Crippen LogP contribution < -0.4 is 24.0 Å². The molecule has 212 valence electrons. The van der Waals surface area contributed by atoms with Gasteiger partial charge in [0.1, 0.15) is 34.9 Å². The van der Waals surface area contributed by atoms with Crippen LogP contribution in [0.4, 0.5) is 5.82 Å². The SMILES string of the molecule is O=C(CC1CN(Cc2ccc3c(c2)OCO3)CCN1c1cc(Cl)nc(-n2ccnc2)n1)NCc1ccc(OCl)cc1. The number of rotatable bonds is 9. The maximum Gasteiger partial charge on any atom is 0.238 e. The Morgan fingerprint density at radius 2 is 1.88 bits per heavy atom. The average Bonchev–Trinajstić information content (AvgIpc) is 3.69. The number of carbonyl (C=O) groups is 1. The van der Waals surface area contributed by atoms with E-state index in [1.165, 1.54) is 0 Å². The Kier molecular flexibility index (Phi) is 8.08. The van der Waals surface area contributed by atoms with Crippen molar-refractivity contribution >= 4 is 35.2 Å². The molecular formula is C28H27Cl2N7O4. The van der Waals surface area contributed by atoms with Gasteiger partial charge in [0, 0.05) is 57.6 Å². The summed E-state index contributed by atoms with van der Waals surface area (Å²) in [6.45, 7) is 3.40. The number of hydrogen-bond donors (Lipinski definition) is 1. The minimum atomic E-state index is -0.161. The van der Waals surface area contributed by atoms with Crippen molar-refractivity contribution < 1.29 is 18.6 Å². The number of aromatic nitrogens is 4. The van der Waals surface area contributed by atoms with Gasteiger partial charge in [0.15, 0.2) is 11.5 Å². The van der Waals surface area contributed by atoms with Gasteiger partial charge in [0.05, 0.1) is 6.04 Å². The normalized spacial score (nSPS) is 16.5. The number of hydrogen-bond acceptors (Lipinski definition) is 9. The van der Waals surface area contributed by atoms with E-state index in [0.29, 0.717) is 48.8 Å². The highest BCUT2D eigenvalue weighted by Crippen LogP contribution is 2.33. The summed E-state index contributed by atoms with van der Waals surface area (Å²) in [6, 6.07) is 14.8. The number of imidazole rings is 1. The van der Waals surface area contributed by atoms with Gasteiger partial charge in [-0.1, -0.05) is 29.8 Å². The Morgan fingerprint density at radius 3 is 2.68 bits per heavy atom. The van der Waals surface area contributed by atoms with Gasteiger partial charge in [-0.25, -0.2) is 9.97 Å². The summed E-state index contributed by atoms with van der Waals surface area (Å²) in [6.07, 6.45) is 5.30. The highest BCUT2D eigenvalue weighted by Gasteiger charge is 2.31. The van der Waals surface area contributed by atoms with E-state index in [1.54, 1.807) is 41.5 Å². The van der Waals surface area contributed by atoms with Crippen molar-refractivity contribution in [2.75, 3.05) is 31.3 Å². The third-order valence-corrected chi connectivity index (χ3v) is 7.40. The van der Waals surface area contributed by atoms with Crippen molar-refractivity contribution in [3.63, 3.8) is 0 Å². The summed E-state index contributed by atoms with van der Waals surface area (Å²) in [4.78, 5) is 30.9. The molecule has 13 heteroatoms. The molecule has 1 N–H and O–H groups in total. The summed E-state index contributed by atoms with van der Waals surface area (Å²) in [5.41, 5.74) is 2.05. The first kappa shape index (κ1) is 27.1. The number of ether oxygens (including phenoxy) is 2. The summed E-state index contributed by atoms with van der Waals surface area (Å²) >= 11 is 11.8. The molecule has 0 spiro atoms. The van der Waals surface area contributed by atoms with Crippen molar-refractivity contribution in [3.05, 3.63) is 83.5 Å². The van der Waals surface area contributed by atoms with E-state index < -0.39 is 0 Å². The van der Waals surface area contributed by atoms with E-state index in [2.05, 4.69) is 25.1 Å². The van der Waals surface area contributed by atoms with Gasteiger partial charge in [-0.3, -0.25) is 14.3 Å². The van der Waals surface area contributed by atoms with Crippen LogP contribution in [-0.4, -0.2) is 62.8 Å². The Bertz CT molecular complexity index is 1500. The Balaban J connectivity index is 1.19. The number of fused-ring (bicyclic) bond motifs is 1. The number of halogens is 2. The molecule has 1 fully saturated rings. The van der Waals surface area contributed by atoms with Crippen molar-refractivity contribution in [1.29, 1.82) is 0 Å². The number of nitrogens with one attached hydrogen (secondary N) is 1. The highest BCUT2D eigenvalue weighted by atomic mass is 35.5. The molecule has 1 unspecified atom stereocenters. The fraction of sp³-hybridized carbons (Fsp3) is 0.286. The lowest BCUT2D eigenvalue weighted by Gasteiger charge is -2.42. The van der Waals surface area contributed by atoms with Crippen LogP contribution >= 0.6 is 23.5 Å². The lowest BCUT2D eigenvalue weighted by atomic mass is 10.1. The third kappa shape index (κ3) is 6.48. The smallest absolute Gasteiger partial charge is 0.238 e. The van der Waals surface area contributed by atoms with E-state index in [4.69, 9.17) is 42.2 Å². The molecule has 0 aliphatic carbocycles. The Morgan fingerprint density at radius 1 is 1.05 bits per heavy atom. The number of piperazine rings is 1. The second kappa shape index (κ2) is 12.2. The van der Waals surface area contributed by atoms with Crippen molar-refractivity contribution in [2.45, 2.75) is 25.6 Å². The Labute approximate surface area is 246 Å². The van der Waals surface area contributed by atoms with Crippen LogP contribution in [0.25, 0.3) is 5.95 Å². The fourth-order valence-electron chi connectivity index (χ4n) is 5.02. The molecule has 1 atom stereocenters. The maximum absolute atomic E-state index is 13.2. The van der Waals surface area contributed by atoms with Gasteiger partial charge < -0.3 is 24.0 Å². The number of benzene rings is 2. The average molecular weight is 596 g/mol. The van der Waals surface area contributed by atoms with Gasteiger partial charge in [0.2, 0.25) is 18.6 Å². The largest absolute Gasteiger partial charge is 0.454 e. The molecule has 2 aliphatic heterocycles. The predicted molar refractivity (Wildman–Crippen MR) is 153 cm³/mol. The number of anilines is 1. The van der Waals surface area contributed by atoms with Crippen LogP contribution in [0.15, 0.2) is 67.3 Å². The van der Waals surface area contributed by atoms with E-state index in [-0.39, 0.29) is 25.2 Å². The molecule has 41 heavy (non-hydrogen) atoms. The van der Waals surface area contributed by atoms with Crippen molar-refractivity contribution in [1.82, 2.24) is 29.7 Å². The summed E-state index contributed by atoms with van der Waals surface area (Å²) in [7, 11) is 0. The maximum atomic E-state index is 13.2. The molecule has 2 aliphatic rings. The molecule has 2 aromatic carbocycles. The minimum Gasteiger partial charge on any atom is -0.454 e. The van der Waals surface area contributed by atoms with Gasteiger partial charge in [-0.2, -0.15) is 4.98 Å². The summed E-state index contributed by atoms with van der Waals surface area (Å²) in [5, 5.41) is 3.35. The van der Waals surface area contributed by atoms with Crippen LogP contribution in [0.3, 0.4) is 0 Å². The molecule has 0 saturated carbocycles. The molecule has 2 aromatic heterocycles. The standard InChI is InChI=1S/C28H27Cl2N7O4/c29-25-13-26(34-28(33-25)36-8-7-31-17-36)37-10-9-35(15-20-3-6-23-24(11-20)40-18-39-23)16-21(37)12-27(38)32-14-19-1-4-22(41-30)5-2-19/h1-8,11,13,17,21H,9-10,12,14-16,18H2,(H,32,38). The van der Waals surface area contributed by atoms with Crippen LogP contribution in [0, 0.1) is 0 Å². The van der Waals surface area contributed by atoms with Crippen LogP contribution in [0.5, 0.6) is 17.2 Å². The second-order valence-corrected chi connectivity index (χ2v) is 10.3. The zero-order valence-electron chi connectivity index (χ0n) is 22.0. The number of nitrogens with zero attached hydrogens (tertiary/aromatic N) is 6. The zero-order valence-corrected chi connectivity index (χ0v) is 23.5. The summed E-state index contributed by atoms with van der Waals surface area (Å²) < 4.78 is 17.4. The lowest BCUT2D eigenvalue weighted by molar-refractivity contribution is -0.121. The first-order valence-corrected chi connectivity index (χ1v) is 13.8. The van der Waals surface area contributed by atoms with E-state index >= 15 is 0 Å². The molecule has 0 bridgehead atoms. The Hall–Kier alpha value is -4.06. The topological polar surface area (TPSA) is 107 Å². The van der Waals surface area contributed by atoms with Crippen molar-refractivity contribution in [2.24, 2.45) is 0 Å². The molecule has 1 amide bonds. The van der Waals surface area contributed by atoms with Gasteiger partial charge in [-0.05, 0) is 35.4 Å². The first-order chi connectivity index (χ1) is 20.0. The molecule has 6 rings (SSSR count). The molecule has 4 aromatic rings. The van der Waals surface area contributed by atoms with Gasteiger partial charge in [0.25, 0.3) is 0 Å². The minimum absolute atomic E-state index is 0.0717. The molecular weight excluding hydrogens is 569 g/mol. The lowest BCUT2D eigenvalue weighted by Crippen LogP contribution is -2.54. The first-order valence-electron chi connectivity index (χ1n) is 13.1. The predicted octanol–water partition coefficient (Wildman–Crippen LogP) is 3.97. The monoisotopic (exact) mass is 595 g/mol. The summed E-state index contributed by atoms with van der Waals surface area (Å²) in [5.74, 6) is 3.06. The zero-order chi connectivity index (χ0) is 28.2. The van der Waals surface area contributed by atoms with E-state index in [9.17, 15) is 4.79 Å². The number of carbonyl (C=O) groups excluding carboxylic acids is 1. The van der Waals surface area contributed by atoms with Gasteiger partial charge >= 0.3 is 0 Å². The van der Waals surface area contributed by atoms with Crippen molar-refractivity contribution in [3.8, 4) is 23.2 Å². The molecule has 4 heterocycles. The van der Waals surface area contributed by atoms with Crippen LogP contribution in [-0.2, 0) is 17.9 Å². The third-order valence-electron chi connectivity index (χ3n) is 7.03. The van der Waals surface area contributed by atoms with E-state index in [0.717, 1.165) is 29.2 Å². The fourth-order valence-corrected chi connectivity index (χ4v) is 5.29. The van der Waals surface area contributed by atoms with Crippen LogP contribution in [0.1, 0.15) is 17.5 Å². The molecule has 11 nitrogen and oxygen atoms in total. The van der Waals surface area contributed by atoms with Gasteiger partial charge in [-0.15, -0.1) is 0 Å². The quantitative estimate of drug-likeness (QED) is 0.287. The van der Waals surface area contributed by atoms with Crippen LogP contribution in [0.2, 0.25) is 5.15 Å².